The number of piperidine rings is 1. The Morgan fingerprint density at radius 3 is 2.70 bits per heavy atom. The summed E-state index contributed by atoms with van der Waals surface area (Å²) in [4.78, 5) is 15.8. The third kappa shape index (κ3) is 4.05. The number of ether oxygens (including phenoxy) is 1. The molecular weight excluding hydrogens is 380 g/mol. The van der Waals surface area contributed by atoms with E-state index >= 15 is 0 Å². The fourth-order valence-corrected chi connectivity index (χ4v) is 4.87. The van der Waals surface area contributed by atoms with Gasteiger partial charge in [-0.3, -0.25) is 14.4 Å². The van der Waals surface area contributed by atoms with Gasteiger partial charge >= 0.3 is 0 Å². The van der Waals surface area contributed by atoms with E-state index in [1.807, 2.05) is 4.68 Å². The number of hydrogen-bond acceptors (Lipinski definition) is 5. The second kappa shape index (κ2) is 8.94. The fraction of sp³-hybridized carbons (Fsp3) is 0.652. The number of fused-ring (bicyclic) bond motifs is 3. The molecule has 2 saturated heterocycles. The van der Waals surface area contributed by atoms with Crippen LogP contribution >= 0.6 is 0 Å². The molecule has 0 unspecified atom stereocenters. The highest BCUT2D eigenvalue weighted by molar-refractivity contribution is 6.05. The van der Waals surface area contributed by atoms with E-state index in [-0.39, 0.29) is 23.7 Å². The Kier molecular flexibility index (Phi) is 6.29. The molecule has 30 heavy (non-hydrogen) atoms. The molecule has 0 saturated carbocycles. The number of rotatable bonds is 7. The molecule has 4 rings (SSSR count). The molecule has 2 aromatic rings. The van der Waals surface area contributed by atoms with Crippen LogP contribution in [-0.4, -0.2) is 63.6 Å². The maximum absolute atomic E-state index is 13.2. The number of nitrogens with zero attached hydrogens (tertiary/aromatic N) is 3. The number of hydrogen-bond donors (Lipinski definition) is 2. The zero-order valence-corrected chi connectivity index (χ0v) is 18.3. The number of amides is 1. The highest BCUT2D eigenvalue weighted by Gasteiger charge is 2.39. The van der Waals surface area contributed by atoms with Crippen molar-refractivity contribution in [2.75, 3.05) is 19.8 Å². The summed E-state index contributed by atoms with van der Waals surface area (Å²) in [6, 6.07) is 6.14. The van der Waals surface area contributed by atoms with Crippen LogP contribution in [0.1, 0.15) is 69.4 Å². The molecule has 164 valence electrons. The Labute approximate surface area is 178 Å². The molecule has 2 N–H and O–H groups in total. The molecule has 4 atom stereocenters. The summed E-state index contributed by atoms with van der Waals surface area (Å²) < 4.78 is 7.66. The average Bonchev–Trinajstić information content (AvgIpc) is 3.10. The second-order valence-corrected chi connectivity index (χ2v) is 8.83. The van der Waals surface area contributed by atoms with Gasteiger partial charge in [-0.05, 0) is 51.3 Å². The quantitative estimate of drug-likeness (QED) is 0.725. The first-order valence-electron chi connectivity index (χ1n) is 11.4. The topological polar surface area (TPSA) is 79.6 Å². The van der Waals surface area contributed by atoms with Crippen LogP contribution in [0.3, 0.4) is 0 Å². The number of unbranched alkanes of at least 4 members (excludes halogenated alkanes) is 1. The largest absolute Gasteiger partial charge is 0.508 e. The molecule has 2 bridgehead atoms. The van der Waals surface area contributed by atoms with Crippen LogP contribution in [0.15, 0.2) is 18.2 Å². The maximum atomic E-state index is 13.2. The third-order valence-electron chi connectivity index (χ3n) is 6.69. The highest BCUT2D eigenvalue weighted by atomic mass is 16.5. The van der Waals surface area contributed by atoms with E-state index in [0.29, 0.717) is 17.8 Å². The van der Waals surface area contributed by atoms with Gasteiger partial charge in [0, 0.05) is 35.6 Å². The van der Waals surface area contributed by atoms with Gasteiger partial charge in [-0.2, -0.15) is 5.10 Å². The van der Waals surface area contributed by atoms with Crippen LogP contribution in [-0.2, 0) is 4.74 Å². The molecule has 2 fully saturated rings. The zero-order chi connectivity index (χ0) is 21.3. The van der Waals surface area contributed by atoms with E-state index < -0.39 is 0 Å². The van der Waals surface area contributed by atoms with Gasteiger partial charge in [-0.15, -0.1) is 0 Å². The molecule has 0 radical (unpaired) electrons. The first-order chi connectivity index (χ1) is 14.5. The highest BCUT2D eigenvalue weighted by Crippen LogP contribution is 2.30. The van der Waals surface area contributed by atoms with Crippen molar-refractivity contribution < 1.29 is 14.6 Å². The van der Waals surface area contributed by atoms with Crippen LogP contribution in [0.5, 0.6) is 5.75 Å². The van der Waals surface area contributed by atoms with Crippen molar-refractivity contribution in [1.82, 2.24) is 20.0 Å². The van der Waals surface area contributed by atoms with Crippen molar-refractivity contribution >= 4 is 16.8 Å². The smallest absolute Gasteiger partial charge is 0.272 e. The van der Waals surface area contributed by atoms with Gasteiger partial charge in [-0.25, -0.2) is 0 Å². The van der Waals surface area contributed by atoms with Gasteiger partial charge in [0.2, 0.25) is 0 Å². The van der Waals surface area contributed by atoms with E-state index in [2.05, 4.69) is 36.1 Å². The van der Waals surface area contributed by atoms with E-state index in [9.17, 15) is 9.90 Å². The SMILES string of the molecule is CCCCN1[C@@H]2COC[C@H]1C[C@@H](NC(=O)c1nn([C@@H](C)CC)c3cc(O)ccc13)C2. The van der Waals surface area contributed by atoms with Gasteiger partial charge in [0.15, 0.2) is 5.69 Å². The number of nitrogens with one attached hydrogen (secondary N) is 1. The number of aromatic nitrogens is 2. The molecule has 7 heteroatoms. The van der Waals surface area contributed by atoms with Gasteiger partial charge in [-0.1, -0.05) is 20.3 Å². The van der Waals surface area contributed by atoms with Crippen LogP contribution in [0.25, 0.3) is 10.9 Å². The van der Waals surface area contributed by atoms with Gasteiger partial charge in [0.05, 0.1) is 18.7 Å². The zero-order valence-electron chi connectivity index (χ0n) is 18.3. The molecule has 1 aromatic carbocycles. The number of aromatic hydroxyl groups is 1. The average molecular weight is 415 g/mol. The monoisotopic (exact) mass is 414 g/mol. The van der Waals surface area contributed by atoms with E-state index in [1.165, 1.54) is 12.8 Å². The molecule has 1 aromatic heterocycles. The summed E-state index contributed by atoms with van der Waals surface area (Å²) in [6.45, 7) is 9.00. The molecule has 7 nitrogen and oxygen atoms in total. The van der Waals surface area contributed by atoms with E-state index in [4.69, 9.17) is 4.74 Å². The lowest BCUT2D eigenvalue weighted by Crippen LogP contribution is -2.60. The number of phenolic OH excluding ortho intramolecular Hbond substituents is 1. The Morgan fingerprint density at radius 2 is 2.03 bits per heavy atom. The molecule has 0 aliphatic carbocycles. The van der Waals surface area contributed by atoms with Gasteiger partial charge in [0.25, 0.3) is 5.91 Å². The molecular formula is C23H34N4O3. The lowest BCUT2D eigenvalue weighted by molar-refractivity contribution is -0.0802. The molecule has 0 spiro atoms. The van der Waals surface area contributed by atoms with Crippen molar-refractivity contribution in [3.8, 4) is 5.75 Å². The number of carbonyl (C=O) groups is 1. The van der Waals surface area contributed by atoms with Crippen LogP contribution < -0.4 is 5.32 Å². The molecule has 2 aliphatic heterocycles. The summed E-state index contributed by atoms with van der Waals surface area (Å²) in [6.07, 6.45) is 5.12. The normalized spacial score (nSPS) is 25.4. The summed E-state index contributed by atoms with van der Waals surface area (Å²) >= 11 is 0. The molecule has 2 aliphatic rings. The van der Waals surface area contributed by atoms with Crippen molar-refractivity contribution in [3.05, 3.63) is 23.9 Å². The number of benzene rings is 1. The Morgan fingerprint density at radius 1 is 1.30 bits per heavy atom. The van der Waals surface area contributed by atoms with E-state index in [0.717, 1.165) is 49.9 Å². The summed E-state index contributed by atoms with van der Waals surface area (Å²) in [5.41, 5.74) is 1.24. The lowest BCUT2D eigenvalue weighted by atomic mass is 9.89. The first kappa shape index (κ1) is 21.1. The maximum Gasteiger partial charge on any atom is 0.272 e. The van der Waals surface area contributed by atoms with Gasteiger partial charge < -0.3 is 15.2 Å². The number of morpholine rings is 1. The molecule has 3 heterocycles. The Bertz CT molecular complexity index is 882. The summed E-state index contributed by atoms with van der Waals surface area (Å²) in [5.74, 6) is 0.0601. The van der Waals surface area contributed by atoms with Gasteiger partial charge in [0.1, 0.15) is 5.75 Å². The lowest BCUT2D eigenvalue weighted by Gasteiger charge is -2.48. The Balaban J connectivity index is 1.53. The standard InChI is InChI=1S/C23H34N4O3/c1-4-6-9-26-17-10-16(11-18(26)14-30-13-17)24-23(29)22-20-8-7-19(28)12-21(20)27(25-22)15(3)5-2/h7-8,12,15-18,28H,4-6,9-11,13-14H2,1-3H3,(H,24,29)/t15-,16-,17-,18+/m0/s1. The van der Waals surface area contributed by atoms with Crippen molar-refractivity contribution in [1.29, 1.82) is 0 Å². The van der Waals surface area contributed by atoms with Crippen LogP contribution in [0.4, 0.5) is 0 Å². The van der Waals surface area contributed by atoms with Crippen molar-refractivity contribution in [2.45, 2.75) is 77.0 Å². The summed E-state index contributed by atoms with van der Waals surface area (Å²) in [7, 11) is 0. The predicted molar refractivity (Wildman–Crippen MR) is 117 cm³/mol. The first-order valence-corrected chi connectivity index (χ1v) is 11.4. The number of carbonyl (C=O) groups excluding carboxylic acids is 1. The third-order valence-corrected chi connectivity index (χ3v) is 6.69. The van der Waals surface area contributed by atoms with Crippen molar-refractivity contribution in [3.63, 3.8) is 0 Å². The van der Waals surface area contributed by atoms with Crippen molar-refractivity contribution in [2.24, 2.45) is 0 Å². The predicted octanol–water partition coefficient (Wildman–Crippen LogP) is 3.47. The van der Waals surface area contributed by atoms with Crippen LogP contribution in [0.2, 0.25) is 0 Å². The minimum absolute atomic E-state index is 0.126. The molecule has 1 amide bonds. The van der Waals surface area contributed by atoms with Crippen LogP contribution in [0, 0.1) is 0 Å². The van der Waals surface area contributed by atoms with E-state index in [1.54, 1.807) is 18.2 Å². The summed E-state index contributed by atoms with van der Waals surface area (Å²) in [5, 5.41) is 18.6. The minimum Gasteiger partial charge on any atom is -0.508 e. The fourth-order valence-electron chi connectivity index (χ4n) is 4.87. The number of phenols is 1. The second-order valence-electron chi connectivity index (χ2n) is 8.83. The minimum atomic E-state index is -0.126. The Hall–Kier alpha value is -2.12.